The van der Waals surface area contributed by atoms with Crippen molar-refractivity contribution in [2.45, 2.75) is 19.7 Å². The van der Waals surface area contributed by atoms with Crippen LogP contribution in [0.25, 0.3) is 5.82 Å². The number of aromatic nitrogens is 5. The van der Waals surface area contributed by atoms with Gasteiger partial charge in [0.15, 0.2) is 5.82 Å². The molecule has 0 aromatic carbocycles. The van der Waals surface area contributed by atoms with Crippen molar-refractivity contribution in [1.82, 2.24) is 24.7 Å². The minimum absolute atomic E-state index is 0.308. The number of halogens is 1. The van der Waals surface area contributed by atoms with E-state index < -0.39 is 0 Å². The van der Waals surface area contributed by atoms with Gasteiger partial charge >= 0.3 is 0 Å². The smallest absolute Gasteiger partial charge is 0.159 e. The van der Waals surface area contributed by atoms with Crippen molar-refractivity contribution in [3.63, 3.8) is 0 Å². The van der Waals surface area contributed by atoms with Gasteiger partial charge in [-0.3, -0.25) is 0 Å². The fraction of sp³-hybridized carbons (Fsp3) is 0.333. The van der Waals surface area contributed by atoms with Gasteiger partial charge in [0.25, 0.3) is 0 Å². The van der Waals surface area contributed by atoms with E-state index in [-0.39, 0.29) is 0 Å². The molecule has 6 heteroatoms. The van der Waals surface area contributed by atoms with E-state index in [1.807, 2.05) is 19.9 Å². The maximum Gasteiger partial charge on any atom is 0.159 e. The summed E-state index contributed by atoms with van der Waals surface area (Å²) in [6.45, 7) is 3.75. The highest BCUT2D eigenvalue weighted by atomic mass is 35.5. The van der Waals surface area contributed by atoms with Crippen LogP contribution in [-0.2, 0) is 5.88 Å². The van der Waals surface area contributed by atoms with Crippen molar-refractivity contribution in [3.8, 4) is 5.82 Å². The van der Waals surface area contributed by atoms with Crippen molar-refractivity contribution < 1.29 is 0 Å². The van der Waals surface area contributed by atoms with E-state index >= 15 is 0 Å². The zero-order chi connectivity index (χ0) is 10.8. The summed E-state index contributed by atoms with van der Waals surface area (Å²) in [5, 5.41) is 4.07. The predicted molar refractivity (Wildman–Crippen MR) is 56.0 cm³/mol. The van der Waals surface area contributed by atoms with Crippen molar-refractivity contribution in [1.29, 1.82) is 0 Å². The SMILES string of the molecule is Cc1cc(-n2ncnc2CCl)nc(C)n1. The van der Waals surface area contributed by atoms with Gasteiger partial charge in [-0.2, -0.15) is 9.78 Å². The maximum absolute atomic E-state index is 5.74. The quantitative estimate of drug-likeness (QED) is 0.723. The van der Waals surface area contributed by atoms with E-state index in [1.165, 1.54) is 6.33 Å². The Labute approximate surface area is 92.2 Å². The summed E-state index contributed by atoms with van der Waals surface area (Å²) < 4.78 is 1.62. The lowest BCUT2D eigenvalue weighted by molar-refractivity contribution is 0.787. The standard InChI is InChI=1S/C9H10ClN5/c1-6-3-8(14-7(2)13-6)15-9(4-10)11-5-12-15/h3,5H,4H2,1-2H3. The highest BCUT2D eigenvalue weighted by Gasteiger charge is 2.07. The Morgan fingerprint density at radius 1 is 1.33 bits per heavy atom. The van der Waals surface area contributed by atoms with Gasteiger partial charge in [0, 0.05) is 11.8 Å². The molecule has 0 saturated heterocycles. The van der Waals surface area contributed by atoms with Gasteiger partial charge in [0.1, 0.15) is 18.0 Å². The van der Waals surface area contributed by atoms with Gasteiger partial charge in [-0.15, -0.1) is 11.6 Å². The zero-order valence-corrected chi connectivity index (χ0v) is 9.23. The molecule has 0 saturated carbocycles. The van der Waals surface area contributed by atoms with Gasteiger partial charge < -0.3 is 0 Å². The van der Waals surface area contributed by atoms with Crippen LogP contribution in [0.4, 0.5) is 0 Å². The maximum atomic E-state index is 5.74. The van der Waals surface area contributed by atoms with Crippen molar-refractivity contribution in [2.24, 2.45) is 0 Å². The van der Waals surface area contributed by atoms with Crippen LogP contribution in [0.2, 0.25) is 0 Å². The molecule has 0 atom stereocenters. The summed E-state index contributed by atoms with van der Waals surface area (Å²) in [6, 6.07) is 1.84. The number of rotatable bonds is 2. The van der Waals surface area contributed by atoms with Crippen molar-refractivity contribution in [2.75, 3.05) is 0 Å². The third kappa shape index (κ3) is 1.97. The van der Waals surface area contributed by atoms with Crippen molar-refractivity contribution in [3.05, 3.63) is 29.7 Å². The molecule has 0 aliphatic rings. The van der Waals surface area contributed by atoms with E-state index in [0.29, 0.717) is 23.3 Å². The lowest BCUT2D eigenvalue weighted by Gasteiger charge is -2.04. The van der Waals surface area contributed by atoms with Crippen LogP contribution in [-0.4, -0.2) is 24.7 Å². The monoisotopic (exact) mass is 223 g/mol. The molecular weight excluding hydrogens is 214 g/mol. The summed E-state index contributed by atoms with van der Waals surface area (Å²) >= 11 is 5.74. The van der Waals surface area contributed by atoms with Crippen molar-refractivity contribution >= 4 is 11.6 Å². The molecule has 15 heavy (non-hydrogen) atoms. The molecule has 0 radical (unpaired) electrons. The molecule has 0 amide bonds. The van der Waals surface area contributed by atoms with E-state index in [9.17, 15) is 0 Å². The average molecular weight is 224 g/mol. The second-order valence-corrected chi connectivity index (χ2v) is 3.40. The van der Waals surface area contributed by atoms with Gasteiger partial charge in [-0.1, -0.05) is 0 Å². The van der Waals surface area contributed by atoms with Crippen LogP contribution >= 0.6 is 11.6 Å². The topological polar surface area (TPSA) is 56.5 Å². The summed E-state index contributed by atoms with van der Waals surface area (Å²) in [6.07, 6.45) is 1.46. The molecule has 2 rings (SSSR count). The molecule has 5 nitrogen and oxygen atoms in total. The molecule has 0 fully saturated rings. The first kappa shape index (κ1) is 10.0. The van der Waals surface area contributed by atoms with Crippen LogP contribution in [0.1, 0.15) is 17.3 Å². The third-order valence-electron chi connectivity index (χ3n) is 1.91. The van der Waals surface area contributed by atoms with Gasteiger partial charge in [-0.25, -0.2) is 15.0 Å². The summed E-state index contributed by atoms with van der Waals surface area (Å²) in [5.41, 5.74) is 0.897. The molecule has 0 aliphatic carbocycles. The Bertz CT molecular complexity index is 459. The third-order valence-corrected chi connectivity index (χ3v) is 2.15. The first-order valence-electron chi connectivity index (χ1n) is 4.48. The van der Waals surface area contributed by atoms with Crippen LogP contribution < -0.4 is 0 Å². The van der Waals surface area contributed by atoms with E-state index in [1.54, 1.807) is 4.68 Å². The molecule has 0 N–H and O–H groups in total. The highest BCUT2D eigenvalue weighted by Crippen LogP contribution is 2.08. The van der Waals surface area contributed by atoms with E-state index in [0.717, 1.165) is 5.69 Å². The molecule has 0 spiro atoms. The molecule has 0 unspecified atom stereocenters. The Morgan fingerprint density at radius 3 is 2.80 bits per heavy atom. The van der Waals surface area contributed by atoms with Gasteiger partial charge in [-0.05, 0) is 13.8 Å². The number of nitrogens with zero attached hydrogens (tertiary/aromatic N) is 5. The molecule has 0 bridgehead atoms. The number of hydrogen-bond donors (Lipinski definition) is 0. The van der Waals surface area contributed by atoms with Crippen LogP contribution in [0.15, 0.2) is 12.4 Å². The van der Waals surface area contributed by atoms with Gasteiger partial charge in [0.05, 0.1) is 5.88 Å². The Balaban J connectivity index is 2.53. The fourth-order valence-electron chi connectivity index (χ4n) is 1.35. The molecule has 2 aromatic rings. The van der Waals surface area contributed by atoms with Crippen LogP contribution in [0.5, 0.6) is 0 Å². The van der Waals surface area contributed by atoms with E-state index in [2.05, 4.69) is 20.1 Å². The fourth-order valence-corrected chi connectivity index (χ4v) is 1.54. The lowest BCUT2D eigenvalue weighted by Crippen LogP contribution is -2.06. The molecule has 0 aliphatic heterocycles. The van der Waals surface area contributed by atoms with Gasteiger partial charge in [0.2, 0.25) is 0 Å². The first-order valence-corrected chi connectivity index (χ1v) is 5.01. The predicted octanol–water partition coefficient (Wildman–Crippen LogP) is 1.41. The summed E-state index contributed by atoms with van der Waals surface area (Å²) in [7, 11) is 0. The minimum atomic E-state index is 0.308. The minimum Gasteiger partial charge on any atom is -0.238 e. The van der Waals surface area contributed by atoms with Crippen LogP contribution in [0, 0.1) is 13.8 Å². The average Bonchev–Trinajstić information content (AvgIpc) is 2.63. The number of hydrogen-bond acceptors (Lipinski definition) is 4. The number of alkyl halides is 1. The Kier molecular flexibility index (Phi) is 2.64. The highest BCUT2D eigenvalue weighted by molar-refractivity contribution is 6.16. The Morgan fingerprint density at radius 2 is 2.13 bits per heavy atom. The zero-order valence-electron chi connectivity index (χ0n) is 8.48. The largest absolute Gasteiger partial charge is 0.238 e. The van der Waals surface area contributed by atoms with Crippen LogP contribution in [0.3, 0.4) is 0 Å². The molecule has 2 aromatic heterocycles. The number of aryl methyl sites for hydroxylation is 2. The second kappa shape index (κ2) is 3.94. The second-order valence-electron chi connectivity index (χ2n) is 3.14. The first-order chi connectivity index (χ1) is 7.20. The summed E-state index contributed by atoms with van der Waals surface area (Å²) in [4.78, 5) is 12.5. The Hall–Kier alpha value is -1.49. The molecule has 78 valence electrons. The molecular formula is C9H10ClN5. The lowest BCUT2D eigenvalue weighted by atomic mass is 10.4. The normalized spacial score (nSPS) is 10.6. The van der Waals surface area contributed by atoms with E-state index in [4.69, 9.17) is 11.6 Å². The molecule has 2 heterocycles. The summed E-state index contributed by atoms with van der Waals surface area (Å²) in [5.74, 6) is 2.39.